The van der Waals surface area contributed by atoms with Gasteiger partial charge >= 0.3 is 0 Å². The van der Waals surface area contributed by atoms with Gasteiger partial charge in [0.2, 0.25) is 0 Å². The standard InChI is InChI=1S/C26H29FN2O4/c1-5-15-33-20-11-12-21(17(2)16-20)24(30)22-23(18-7-9-19(27)10-8-18)29(26(32)25(22)31)14-6-13-28(3)4/h5,7-12,16,23,30H,1,6,13-15H2,2-4H3/b24-22+. The summed E-state index contributed by atoms with van der Waals surface area (Å²) in [6.07, 6.45) is 2.27. The third kappa shape index (κ3) is 5.31. The van der Waals surface area contributed by atoms with Gasteiger partial charge in [-0.3, -0.25) is 9.59 Å². The number of ether oxygens (including phenoxy) is 1. The van der Waals surface area contributed by atoms with Gasteiger partial charge in [0.25, 0.3) is 11.7 Å². The van der Waals surface area contributed by atoms with Gasteiger partial charge in [-0.25, -0.2) is 4.39 Å². The van der Waals surface area contributed by atoms with Crippen LogP contribution in [0.4, 0.5) is 4.39 Å². The molecule has 1 fully saturated rings. The number of nitrogens with zero attached hydrogens (tertiary/aromatic N) is 2. The summed E-state index contributed by atoms with van der Waals surface area (Å²) in [5.41, 5.74) is 1.68. The number of Topliss-reactive ketones (excluding diaryl/α,β-unsaturated/α-hetero) is 1. The number of rotatable bonds is 9. The third-order valence-corrected chi connectivity index (χ3v) is 5.55. The molecule has 1 aliphatic heterocycles. The van der Waals surface area contributed by atoms with Crippen LogP contribution in [-0.2, 0) is 9.59 Å². The second-order valence-corrected chi connectivity index (χ2v) is 8.28. The van der Waals surface area contributed by atoms with Gasteiger partial charge in [0.05, 0.1) is 11.6 Å². The highest BCUT2D eigenvalue weighted by molar-refractivity contribution is 6.46. The van der Waals surface area contributed by atoms with Crippen LogP contribution in [0, 0.1) is 12.7 Å². The van der Waals surface area contributed by atoms with Crippen LogP contribution in [0.15, 0.2) is 60.7 Å². The molecule has 174 valence electrons. The number of ketones is 1. The molecule has 1 amide bonds. The third-order valence-electron chi connectivity index (χ3n) is 5.55. The lowest BCUT2D eigenvalue weighted by molar-refractivity contribution is -0.139. The predicted octanol–water partition coefficient (Wildman–Crippen LogP) is 4.07. The number of halogens is 1. The number of likely N-dealkylation sites (tertiary alicyclic amines) is 1. The Morgan fingerprint density at radius 1 is 1.21 bits per heavy atom. The number of carbonyl (C=O) groups is 2. The molecule has 1 unspecified atom stereocenters. The van der Waals surface area contributed by atoms with E-state index in [9.17, 15) is 19.1 Å². The van der Waals surface area contributed by atoms with Gasteiger partial charge in [0, 0.05) is 12.1 Å². The van der Waals surface area contributed by atoms with E-state index >= 15 is 0 Å². The van der Waals surface area contributed by atoms with E-state index in [0.717, 1.165) is 6.54 Å². The normalized spacial score (nSPS) is 17.6. The van der Waals surface area contributed by atoms with Crippen molar-refractivity contribution >= 4 is 17.4 Å². The van der Waals surface area contributed by atoms with E-state index in [4.69, 9.17) is 4.74 Å². The molecule has 1 saturated heterocycles. The number of benzene rings is 2. The summed E-state index contributed by atoms with van der Waals surface area (Å²) in [4.78, 5) is 29.5. The quantitative estimate of drug-likeness (QED) is 0.269. The second kappa shape index (κ2) is 10.4. The summed E-state index contributed by atoms with van der Waals surface area (Å²) < 4.78 is 19.1. The van der Waals surface area contributed by atoms with E-state index in [1.165, 1.54) is 29.2 Å². The molecule has 2 aromatic rings. The molecule has 0 aromatic heterocycles. The Morgan fingerprint density at radius 3 is 2.52 bits per heavy atom. The average Bonchev–Trinajstić information content (AvgIpc) is 3.02. The highest BCUT2D eigenvalue weighted by Gasteiger charge is 2.45. The first kappa shape index (κ1) is 24.2. The fourth-order valence-corrected chi connectivity index (χ4v) is 3.95. The van der Waals surface area contributed by atoms with Crippen LogP contribution in [0.2, 0.25) is 0 Å². The van der Waals surface area contributed by atoms with E-state index in [0.29, 0.717) is 42.0 Å². The Bertz CT molecular complexity index is 1080. The second-order valence-electron chi connectivity index (χ2n) is 8.28. The van der Waals surface area contributed by atoms with Crippen molar-refractivity contribution < 1.29 is 23.8 Å². The van der Waals surface area contributed by atoms with Gasteiger partial charge in [-0.05, 0) is 75.4 Å². The Hall–Kier alpha value is -3.45. The van der Waals surface area contributed by atoms with Gasteiger partial charge in [-0.15, -0.1) is 0 Å². The van der Waals surface area contributed by atoms with Crippen molar-refractivity contribution in [3.05, 3.63) is 83.2 Å². The minimum atomic E-state index is -0.802. The zero-order valence-corrected chi connectivity index (χ0v) is 19.2. The maximum Gasteiger partial charge on any atom is 0.295 e. The highest BCUT2D eigenvalue weighted by Crippen LogP contribution is 2.40. The molecule has 2 aromatic carbocycles. The summed E-state index contributed by atoms with van der Waals surface area (Å²) in [5, 5.41) is 11.2. The van der Waals surface area contributed by atoms with Crippen LogP contribution in [0.25, 0.3) is 5.76 Å². The Labute approximate surface area is 193 Å². The number of hydrogen-bond donors (Lipinski definition) is 1. The molecule has 0 radical (unpaired) electrons. The predicted molar refractivity (Wildman–Crippen MR) is 125 cm³/mol. The lowest BCUT2D eigenvalue weighted by Gasteiger charge is -2.26. The molecular formula is C26H29FN2O4. The Kier molecular flexibility index (Phi) is 7.66. The fraction of sp³-hybridized carbons (Fsp3) is 0.308. The molecule has 0 spiro atoms. The molecule has 1 aliphatic rings. The van der Waals surface area contributed by atoms with E-state index < -0.39 is 23.5 Å². The van der Waals surface area contributed by atoms with Crippen LogP contribution < -0.4 is 4.74 Å². The zero-order valence-electron chi connectivity index (χ0n) is 19.2. The summed E-state index contributed by atoms with van der Waals surface area (Å²) in [7, 11) is 3.85. The van der Waals surface area contributed by atoms with Crippen LogP contribution in [0.3, 0.4) is 0 Å². The van der Waals surface area contributed by atoms with Crippen LogP contribution in [0.1, 0.15) is 29.2 Å². The lowest BCUT2D eigenvalue weighted by Crippen LogP contribution is -2.32. The van der Waals surface area contributed by atoms with Crippen molar-refractivity contribution in [2.24, 2.45) is 0 Å². The number of carbonyl (C=O) groups excluding carboxylic acids is 2. The van der Waals surface area contributed by atoms with Gasteiger partial charge in [-0.1, -0.05) is 24.8 Å². The minimum Gasteiger partial charge on any atom is -0.507 e. The van der Waals surface area contributed by atoms with E-state index in [1.807, 2.05) is 19.0 Å². The van der Waals surface area contributed by atoms with Crippen molar-refractivity contribution in [1.29, 1.82) is 0 Å². The van der Waals surface area contributed by atoms with Crippen molar-refractivity contribution in [3.8, 4) is 5.75 Å². The first-order valence-corrected chi connectivity index (χ1v) is 10.8. The SMILES string of the molecule is C=CCOc1ccc(/C(O)=C2\C(=O)C(=O)N(CCCN(C)C)C2c2ccc(F)cc2)c(C)c1. The molecule has 0 bridgehead atoms. The molecule has 1 atom stereocenters. The molecule has 33 heavy (non-hydrogen) atoms. The lowest BCUT2D eigenvalue weighted by atomic mass is 9.94. The molecular weight excluding hydrogens is 423 g/mol. The summed E-state index contributed by atoms with van der Waals surface area (Å²) in [6, 6.07) is 9.94. The van der Waals surface area contributed by atoms with Gasteiger partial charge in [0.15, 0.2) is 0 Å². The molecule has 6 nitrogen and oxygen atoms in total. The number of aliphatic hydroxyl groups is 1. The molecule has 7 heteroatoms. The number of aryl methyl sites for hydroxylation is 1. The molecule has 1 N–H and O–H groups in total. The van der Waals surface area contributed by atoms with Crippen LogP contribution >= 0.6 is 0 Å². The number of amides is 1. The largest absolute Gasteiger partial charge is 0.507 e. The molecule has 3 rings (SSSR count). The molecule has 1 heterocycles. The molecule has 0 aliphatic carbocycles. The van der Waals surface area contributed by atoms with Crippen LogP contribution in [-0.4, -0.2) is 60.4 Å². The first-order valence-electron chi connectivity index (χ1n) is 10.8. The van der Waals surface area contributed by atoms with Gasteiger partial charge in [0.1, 0.15) is 23.9 Å². The number of aliphatic hydroxyl groups excluding tert-OH is 1. The topological polar surface area (TPSA) is 70.1 Å². The van der Waals surface area contributed by atoms with Crippen molar-refractivity contribution in [3.63, 3.8) is 0 Å². The van der Waals surface area contributed by atoms with Gasteiger partial charge < -0.3 is 19.6 Å². The Balaban J connectivity index is 2.07. The van der Waals surface area contributed by atoms with Gasteiger partial charge in [-0.2, -0.15) is 0 Å². The maximum absolute atomic E-state index is 13.6. The first-order chi connectivity index (χ1) is 15.7. The highest BCUT2D eigenvalue weighted by atomic mass is 19.1. The van der Waals surface area contributed by atoms with Crippen molar-refractivity contribution in [1.82, 2.24) is 9.80 Å². The number of hydrogen-bond acceptors (Lipinski definition) is 5. The van der Waals surface area contributed by atoms with Crippen molar-refractivity contribution in [2.75, 3.05) is 33.8 Å². The monoisotopic (exact) mass is 452 g/mol. The van der Waals surface area contributed by atoms with Crippen LogP contribution in [0.5, 0.6) is 5.75 Å². The smallest absolute Gasteiger partial charge is 0.295 e. The van der Waals surface area contributed by atoms with E-state index in [2.05, 4.69) is 6.58 Å². The molecule has 0 saturated carbocycles. The minimum absolute atomic E-state index is 0.000629. The van der Waals surface area contributed by atoms with E-state index in [-0.39, 0.29) is 11.3 Å². The maximum atomic E-state index is 13.6. The summed E-state index contributed by atoms with van der Waals surface area (Å²) >= 11 is 0. The fourth-order valence-electron chi connectivity index (χ4n) is 3.95. The summed E-state index contributed by atoms with van der Waals surface area (Å²) in [5.74, 6) is -1.51. The Morgan fingerprint density at radius 2 is 1.91 bits per heavy atom. The van der Waals surface area contributed by atoms with E-state index in [1.54, 1.807) is 31.2 Å². The summed E-state index contributed by atoms with van der Waals surface area (Å²) in [6.45, 7) is 6.80. The van der Waals surface area contributed by atoms with Crippen molar-refractivity contribution in [2.45, 2.75) is 19.4 Å². The average molecular weight is 453 g/mol. The zero-order chi connectivity index (χ0) is 24.1.